The normalized spacial score (nSPS) is 17.3. The fraction of sp³-hybridized carbons (Fsp3) is 0.444. The van der Waals surface area contributed by atoms with Crippen LogP contribution in [0.5, 0.6) is 0 Å². The lowest BCUT2D eigenvalue weighted by atomic mass is 9.76. The molecular weight excluding hydrogens is 482 g/mol. The second-order valence-electron chi connectivity index (χ2n) is 9.23. The summed E-state index contributed by atoms with van der Waals surface area (Å²) in [5, 5.41) is 25.5. The minimum Gasteiger partial charge on any atom is -0.390 e. The second-order valence-corrected chi connectivity index (χ2v) is 10.0. The zero-order valence-corrected chi connectivity index (χ0v) is 21.5. The number of rotatable bonds is 10. The Bertz CT molecular complexity index is 1070. The van der Waals surface area contributed by atoms with Crippen molar-refractivity contribution in [3.8, 4) is 0 Å². The smallest absolute Gasteiger partial charge is 0.217 e. The number of aliphatic hydroxyl groups excluding tert-OH is 1. The number of aliphatic imine (C=N–C) groups is 1. The molecule has 36 heavy (non-hydrogen) atoms. The Labute approximate surface area is 215 Å². The highest BCUT2D eigenvalue weighted by Gasteiger charge is 2.35. The number of hydrogen-bond donors (Lipinski definition) is 4. The standard InChI is InChI=1S/C27H34F2N4O2S/c1-18(34)33-24(13-19-11-22(28)15-23(29)12-19)25(35)16-32-27(9-4-3-5-10-27)21-8-6-7-20(14-21)26(36-2)31-17-30/h6-8,11-12,14-15,17,24-25,30,32,35H,3-5,9-10,13,16H2,1-2H3,(H,33,34). The number of amides is 1. The summed E-state index contributed by atoms with van der Waals surface area (Å²) in [5.74, 6) is -1.72. The zero-order chi connectivity index (χ0) is 26.1. The molecule has 3 rings (SSSR count). The number of benzene rings is 2. The Morgan fingerprint density at radius 3 is 2.50 bits per heavy atom. The molecule has 0 radical (unpaired) electrons. The van der Waals surface area contributed by atoms with E-state index in [4.69, 9.17) is 5.41 Å². The van der Waals surface area contributed by atoms with Gasteiger partial charge in [-0.2, -0.15) is 0 Å². The van der Waals surface area contributed by atoms with E-state index in [-0.39, 0.29) is 24.4 Å². The Hall–Kier alpha value is -2.62. The van der Waals surface area contributed by atoms with Crippen LogP contribution in [0.1, 0.15) is 55.7 Å². The van der Waals surface area contributed by atoms with E-state index in [1.807, 2.05) is 18.4 Å². The summed E-state index contributed by atoms with van der Waals surface area (Å²) in [7, 11) is 0. The van der Waals surface area contributed by atoms with E-state index in [9.17, 15) is 18.7 Å². The average Bonchev–Trinajstić information content (AvgIpc) is 2.85. The maximum Gasteiger partial charge on any atom is 0.217 e. The van der Waals surface area contributed by atoms with Gasteiger partial charge in [-0.3, -0.25) is 10.2 Å². The van der Waals surface area contributed by atoms with Crippen LogP contribution in [-0.4, -0.2) is 47.3 Å². The van der Waals surface area contributed by atoms with Crippen molar-refractivity contribution in [3.63, 3.8) is 0 Å². The van der Waals surface area contributed by atoms with Crippen molar-refractivity contribution in [1.29, 1.82) is 5.41 Å². The molecule has 194 valence electrons. The third kappa shape index (κ3) is 7.44. The molecule has 0 aromatic heterocycles. The van der Waals surface area contributed by atoms with Crippen molar-refractivity contribution >= 4 is 29.1 Å². The first kappa shape index (κ1) is 28.0. The van der Waals surface area contributed by atoms with Crippen LogP contribution in [0.15, 0.2) is 47.5 Å². The Morgan fingerprint density at radius 1 is 1.19 bits per heavy atom. The van der Waals surface area contributed by atoms with Crippen molar-refractivity contribution < 1.29 is 18.7 Å². The second kappa shape index (κ2) is 13.1. The minimum atomic E-state index is -0.983. The van der Waals surface area contributed by atoms with Crippen LogP contribution in [0, 0.1) is 17.0 Å². The van der Waals surface area contributed by atoms with Gasteiger partial charge in [-0.25, -0.2) is 13.8 Å². The maximum atomic E-state index is 13.7. The molecular formula is C27H34F2N4O2S. The van der Waals surface area contributed by atoms with Gasteiger partial charge < -0.3 is 15.7 Å². The van der Waals surface area contributed by atoms with Gasteiger partial charge in [0.2, 0.25) is 5.91 Å². The molecule has 0 saturated heterocycles. The predicted octanol–water partition coefficient (Wildman–Crippen LogP) is 4.54. The lowest BCUT2D eigenvalue weighted by Gasteiger charge is -2.40. The summed E-state index contributed by atoms with van der Waals surface area (Å²) in [4.78, 5) is 16.0. The van der Waals surface area contributed by atoms with Gasteiger partial charge in [0.25, 0.3) is 0 Å². The van der Waals surface area contributed by atoms with Gasteiger partial charge in [0, 0.05) is 30.6 Å². The van der Waals surface area contributed by atoms with Crippen LogP contribution in [0.25, 0.3) is 0 Å². The molecule has 9 heteroatoms. The summed E-state index contributed by atoms with van der Waals surface area (Å²) < 4.78 is 27.4. The SMILES string of the molecule is CSC(=NC=N)c1cccc(C2(NCC(O)C(Cc3cc(F)cc(F)c3)NC(C)=O)CCCCC2)c1. The van der Waals surface area contributed by atoms with E-state index in [0.717, 1.165) is 60.7 Å². The first-order valence-electron chi connectivity index (χ1n) is 12.1. The molecule has 2 atom stereocenters. The number of carbonyl (C=O) groups excluding carboxylic acids is 1. The largest absolute Gasteiger partial charge is 0.390 e. The van der Waals surface area contributed by atoms with E-state index in [1.165, 1.54) is 30.8 Å². The number of nitrogens with one attached hydrogen (secondary N) is 3. The predicted molar refractivity (Wildman–Crippen MR) is 142 cm³/mol. The van der Waals surface area contributed by atoms with Gasteiger partial charge in [-0.1, -0.05) is 37.5 Å². The van der Waals surface area contributed by atoms with Crippen molar-refractivity contribution in [2.45, 2.75) is 63.1 Å². The lowest BCUT2D eigenvalue weighted by Crippen LogP contribution is -2.53. The highest BCUT2D eigenvalue weighted by Crippen LogP contribution is 2.38. The number of hydrogen-bond acceptors (Lipinski definition) is 5. The Kier molecular flexibility index (Phi) is 10.2. The molecule has 2 aromatic carbocycles. The Balaban J connectivity index is 1.83. The summed E-state index contributed by atoms with van der Waals surface area (Å²) in [6.45, 7) is 1.55. The molecule has 0 heterocycles. The molecule has 0 bridgehead atoms. The average molecular weight is 517 g/mol. The van der Waals surface area contributed by atoms with Gasteiger partial charge in [0.05, 0.1) is 12.1 Å². The van der Waals surface area contributed by atoms with Gasteiger partial charge in [0.15, 0.2) is 0 Å². The number of thioether (sulfide) groups is 1. The molecule has 1 aliphatic rings. The molecule has 1 fully saturated rings. The topological polar surface area (TPSA) is 97.6 Å². The highest BCUT2D eigenvalue weighted by molar-refractivity contribution is 8.13. The summed E-state index contributed by atoms with van der Waals surface area (Å²) in [6.07, 6.45) is 7.06. The quantitative estimate of drug-likeness (QED) is 0.275. The maximum absolute atomic E-state index is 13.7. The van der Waals surface area contributed by atoms with Gasteiger partial charge >= 0.3 is 0 Å². The molecule has 4 N–H and O–H groups in total. The summed E-state index contributed by atoms with van der Waals surface area (Å²) >= 11 is 1.48. The van der Waals surface area contributed by atoms with E-state index in [2.05, 4.69) is 27.8 Å². The van der Waals surface area contributed by atoms with E-state index < -0.39 is 23.8 Å². The third-order valence-electron chi connectivity index (χ3n) is 6.63. The molecule has 6 nitrogen and oxygen atoms in total. The van der Waals surface area contributed by atoms with Crippen LogP contribution in [0.4, 0.5) is 8.78 Å². The van der Waals surface area contributed by atoms with E-state index in [1.54, 1.807) is 0 Å². The highest BCUT2D eigenvalue weighted by atomic mass is 32.2. The molecule has 2 unspecified atom stereocenters. The number of carbonyl (C=O) groups is 1. The van der Waals surface area contributed by atoms with Crippen LogP contribution in [0.3, 0.4) is 0 Å². The third-order valence-corrected chi connectivity index (χ3v) is 7.35. The van der Waals surface area contributed by atoms with Crippen LogP contribution < -0.4 is 10.6 Å². The van der Waals surface area contributed by atoms with E-state index >= 15 is 0 Å². The number of nitrogens with zero attached hydrogens (tertiary/aromatic N) is 1. The van der Waals surface area contributed by atoms with Crippen molar-refractivity contribution in [2.24, 2.45) is 4.99 Å². The van der Waals surface area contributed by atoms with Gasteiger partial charge in [-0.15, -0.1) is 11.8 Å². The monoisotopic (exact) mass is 516 g/mol. The molecule has 1 aliphatic carbocycles. The molecule has 1 amide bonds. The summed E-state index contributed by atoms with van der Waals surface area (Å²) in [5.41, 5.74) is 2.01. The van der Waals surface area contributed by atoms with Crippen LogP contribution in [0.2, 0.25) is 0 Å². The number of halogens is 2. The van der Waals surface area contributed by atoms with Crippen LogP contribution in [-0.2, 0) is 16.8 Å². The van der Waals surface area contributed by atoms with Crippen LogP contribution >= 0.6 is 11.8 Å². The lowest BCUT2D eigenvalue weighted by molar-refractivity contribution is -0.120. The first-order valence-corrected chi connectivity index (χ1v) is 13.4. The Morgan fingerprint density at radius 2 is 1.89 bits per heavy atom. The van der Waals surface area contributed by atoms with Gasteiger partial charge in [0.1, 0.15) is 23.0 Å². The van der Waals surface area contributed by atoms with Gasteiger partial charge in [-0.05, 0) is 54.8 Å². The fourth-order valence-electron chi connectivity index (χ4n) is 4.95. The molecule has 1 saturated carbocycles. The fourth-order valence-corrected chi connectivity index (χ4v) is 5.47. The van der Waals surface area contributed by atoms with Crippen molar-refractivity contribution in [1.82, 2.24) is 10.6 Å². The zero-order valence-electron chi connectivity index (χ0n) is 20.7. The van der Waals surface area contributed by atoms with Crippen molar-refractivity contribution in [2.75, 3.05) is 12.8 Å². The minimum absolute atomic E-state index is 0.0940. The molecule has 0 aliphatic heterocycles. The van der Waals surface area contributed by atoms with E-state index in [0.29, 0.717) is 5.56 Å². The van der Waals surface area contributed by atoms with Crippen molar-refractivity contribution in [3.05, 3.63) is 70.8 Å². The summed E-state index contributed by atoms with van der Waals surface area (Å²) in [6, 6.07) is 10.6. The first-order chi connectivity index (χ1) is 17.3. The molecule has 0 spiro atoms. The molecule has 2 aromatic rings. The number of aliphatic hydroxyl groups is 1.